The van der Waals surface area contributed by atoms with Gasteiger partial charge < -0.3 is 4.74 Å². The van der Waals surface area contributed by atoms with E-state index in [2.05, 4.69) is 36.6 Å². The maximum Gasteiger partial charge on any atom is 0.150 e. The number of benzene rings is 2. The van der Waals surface area contributed by atoms with Crippen LogP contribution in [0.4, 0.5) is 0 Å². The summed E-state index contributed by atoms with van der Waals surface area (Å²) in [5, 5.41) is 2.11. The summed E-state index contributed by atoms with van der Waals surface area (Å²) in [6.45, 7) is 2.11. The average Bonchev–Trinajstić information content (AvgIpc) is 3.03. The lowest BCUT2D eigenvalue weighted by Crippen LogP contribution is -1.83. The molecular weight excluding hydrogens is 310 g/mol. The quantitative estimate of drug-likeness (QED) is 0.584. The van der Waals surface area contributed by atoms with Crippen LogP contribution in [0.5, 0.6) is 5.75 Å². The Balaban J connectivity index is 1.66. The van der Waals surface area contributed by atoms with Crippen molar-refractivity contribution < 1.29 is 4.74 Å². The number of hydrogen-bond donors (Lipinski definition) is 0. The third-order valence-corrected chi connectivity index (χ3v) is 5.44. The van der Waals surface area contributed by atoms with E-state index in [0.29, 0.717) is 0 Å². The van der Waals surface area contributed by atoms with Crippen molar-refractivity contribution in [3.63, 3.8) is 0 Å². The first kappa shape index (κ1) is 15.1. The molecule has 0 saturated carbocycles. The van der Waals surface area contributed by atoms with Crippen LogP contribution in [0.2, 0.25) is 0 Å². The Bertz CT molecular complexity index is 733. The molecule has 4 heteroatoms. The first-order chi connectivity index (χ1) is 10.7. The highest BCUT2D eigenvalue weighted by Crippen LogP contribution is 2.31. The van der Waals surface area contributed by atoms with E-state index in [9.17, 15) is 0 Å². The number of thioether (sulfide) groups is 1. The molecule has 3 aromatic rings. The van der Waals surface area contributed by atoms with Gasteiger partial charge in [-0.2, -0.15) is 0 Å². The van der Waals surface area contributed by atoms with Crippen molar-refractivity contribution in [2.24, 2.45) is 0 Å². The second kappa shape index (κ2) is 6.99. The largest absolute Gasteiger partial charge is 0.497 e. The molecule has 1 heterocycles. The van der Waals surface area contributed by atoms with Crippen LogP contribution >= 0.6 is 23.1 Å². The SMILES string of the molecule is COc1ccc(-c2csc(SCc3ccc(C)cc3)n2)cc1. The Labute approximate surface area is 139 Å². The fourth-order valence-corrected chi connectivity index (χ4v) is 3.84. The van der Waals surface area contributed by atoms with Crippen molar-refractivity contribution in [3.8, 4) is 17.0 Å². The minimum atomic E-state index is 0.868. The van der Waals surface area contributed by atoms with Crippen LogP contribution in [0.3, 0.4) is 0 Å². The predicted octanol–water partition coefficient (Wildman–Crippen LogP) is 5.42. The zero-order chi connectivity index (χ0) is 15.4. The predicted molar refractivity (Wildman–Crippen MR) is 94.8 cm³/mol. The number of aromatic nitrogens is 1. The van der Waals surface area contributed by atoms with Gasteiger partial charge in [0, 0.05) is 16.7 Å². The van der Waals surface area contributed by atoms with Crippen molar-refractivity contribution >= 4 is 23.1 Å². The van der Waals surface area contributed by atoms with Gasteiger partial charge in [-0.25, -0.2) is 4.98 Å². The Kier molecular flexibility index (Phi) is 4.80. The highest BCUT2D eigenvalue weighted by Gasteiger charge is 2.06. The molecular formula is C18H17NOS2. The fourth-order valence-electron chi connectivity index (χ4n) is 2.05. The molecule has 0 spiro atoms. The second-order valence-corrected chi connectivity index (χ2v) is 7.08. The first-order valence-electron chi connectivity index (χ1n) is 7.03. The van der Waals surface area contributed by atoms with Crippen molar-refractivity contribution in [2.45, 2.75) is 17.0 Å². The van der Waals surface area contributed by atoms with Gasteiger partial charge >= 0.3 is 0 Å². The molecule has 0 atom stereocenters. The summed E-state index contributed by atoms with van der Waals surface area (Å²) < 4.78 is 6.29. The first-order valence-corrected chi connectivity index (χ1v) is 8.89. The van der Waals surface area contributed by atoms with Gasteiger partial charge in [0.1, 0.15) is 5.75 Å². The van der Waals surface area contributed by atoms with Crippen LogP contribution in [-0.4, -0.2) is 12.1 Å². The number of nitrogens with zero attached hydrogens (tertiary/aromatic N) is 1. The second-order valence-electron chi connectivity index (χ2n) is 5.00. The molecule has 2 aromatic carbocycles. The molecule has 0 amide bonds. The van der Waals surface area contributed by atoms with Gasteiger partial charge in [0.05, 0.1) is 12.8 Å². The zero-order valence-corrected chi connectivity index (χ0v) is 14.2. The molecule has 0 saturated heterocycles. The van der Waals surface area contributed by atoms with E-state index >= 15 is 0 Å². The number of ether oxygens (including phenoxy) is 1. The summed E-state index contributed by atoms with van der Waals surface area (Å²) in [5.74, 6) is 1.82. The zero-order valence-electron chi connectivity index (χ0n) is 12.6. The molecule has 0 aliphatic rings. The normalized spacial score (nSPS) is 10.6. The van der Waals surface area contributed by atoms with E-state index in [1.54, 1.807) is 30.2 Å². The van der Waals surface area contributed by atoms with E-state index in [0.717, 1.165) is 27.1 Å². The smallest absolute Gasteiger partial charge is 0.150 e. The third kappa shape index (κ3) is 3.70. The molecule has 3 rings (SSSR count). The van der Waals surface area contributed by atoms with Gasteiger partial charge in [-0.15, -0.1) is 11.3 Å². The van der Waals surface area contributed by atoms with Gasteiger partial charge in [0.25, 0.3) is 0 Å². The van der Waals surface area contributed by atoms with E-state index in [-0.39, 0.29) is 0 Å². The van der Waals surface area contributed by atoms with Gasteiger partial charge in [-0.1, -0.05) is 41.6 Å². The summed E-state index contributed by atoms with van der Waals surface area (Å²) in [6, 6.07) is 16.7. The molecule has 0 aliphatic carbocycles. The molecule has 0 radical (unpaired) electrons. The number of rotatable bonds is 5. The Morgan fingerprint density at radius 2 is 1.77 bits per heavy atom. The summed E-state index contributed by atoms with van der Waals surface area (Å²) in [4.78, 5) is 4.71. The van der Waals surface area contributed by atoms with Crippen LogP contribution in [0.1, 0.15) is 11.1 Å². The average molecular weight is 327 g/mol. The van der Waals surface area contributed by atoms with Gasteiger partial charge in [0.15, 0.2) is 4.34 Å². The van der Waals surface area contributed by atoms with Crippen molar-refractivity contribution in [3.05, 3.63) is 65.0 Å². The third-order valence-electron chi connectivity index (χ3n) is 3.35. The van der Waals surface area contributed by atoms with Crippen LogP contribution in [0.25, 0.3) is 11.3 Å². The maximum absolute atomic E-state index is 5.18. The van der Waals surface area contributed by atoms with E-state index < -0.39 is 0 Å². The van der Waals surface area contributed by atoms with E-state index in [4.69, 9.17) is 9.72 Å². The van der Waals surface area contributed by atoms with Crippen LogP contribution < -0.4 is 4.74 Å². The number of thiazole rings is 1. The van der Waals surface area contributed by atoms with Crippen molar-refractivity contribution in [1.29, 1.82) is 0 Å². The molecule has 0 fully saturated rings. The summed E-state index contributed by atoms with van der Waals surface area (Å²) in [6.07, 6.45) is 0. The molecule has 1 aromatic heterocycles. The lowest BCUT2D eigenvalue weighted by atomic mass is 10.2. The Morgan fingerprint density at radius 1 is 1.05 bits per heavy atom. The topological polar surface area (TPSA) is 22.1 Å². The van der Waals surface area contributed by atoms with E-state index in [1.807, 2.05) is 24.3 Å². The molecule has 0 aliphatic heterocycles. The lowest BCUT2D eigenvalue weighted by Gasteiger charge is -2.01. The minimum Gasteiger partial charge on any atom is -0.497 e. The van der Waals surface area contributed by atoms with Crippen molar-refractivity contribution in [2.75, 3.05) is 7.11 Å². The standard InChI is InChI=1S/C18H17NOS2/c1-13-3-5-14(6-4-13)11-21-18-19-17(12-22-18)15-7-9-16(20-2)10-8-15/h3-10,12H,11H2,1-2H3. The van der Waals surface area contributed by atoms with Crippen LogP contribution in [0, 0.1) is 6.92 Å². The summed E-state index contributed by atoms with van der Waals surface area (Å²) in [7, 11) is 1.68. The summed E-state index contributed by atoms with van der Waals surface area (Å²) >= 11 is 3.48. The molecule has 0 N–H and O–H groups in total. The maximum atomic E-state index is 5.18. The molecule has 0 bridgehead atoms. The fraction of sp³-hybridized carbons (Fsp3) is 0.167. The summed E-state index contributed by atoms with van der Waals surface area (Å²) in [5.41, 5.74) is 4.78. The molecule has 22 heavy (non-hydrogen) atoms. The monoisotopic (exact) mass is 327 g/mol. The minimum absolute atomic E-state index is 0.868. The van der Waals surface area contributed by atoms with E-state index in [1.165, 1.54) is 11.1 Å². The van der Waals surface area contributed by atoms with Crippen LogP contribution in [0.15, 0.2) is 58.3 Å². The highest BCUT2D eigenvalue weighted by molar-refractivity contribution is 8.00. The van der Waals surface area contributed by atoms with Gasteiger partial charge in [-0.3, -0.25) is 0 Å². The molecule has 0 unspecified atom stereocenters. The van der Waals surface area contributed by atoms with Crippen molar-refractivity contribution in [1.82, 2.24) is 4.98 Å². The Morgan fingerprint density at radius 3 is 2.45 bits per heavy atom. The highest BCUT2D eigenvalue weighted by atomic mass is 32.2. The number of methoxy groups -OCH3 is 1. The van der Waals surface area contributed by atoms with Gasteiger partial charge in [-0.05, 0) is 36.8 Å². The number of hydrogen-bond acceptors (Lipinski definition) is 4. The van der Waals surface area contributed by atoms with Gasteiger partial charge in [0.2, 0.25) is 0 Å². The Hall–Kier alpha value is -1.78. The number of aryl methyl sites for hydroxylation is 1. The lowest BCUT2D eigenvalue weighted by molar-refractivity contribution is 0.415. The molecule has 112 valence electrons. The molecule has 2 nitrogen and oxygen atoms in total. The van der Waals surface area contributed by atoms with Crippen LogP contribution in [-0.2, 0) is 5.75 Å².